The van der Waals surface area contributed by atoms with Crippen LogP contribution >= 0.6 is 11.3 Å². The van der Waals surface area contributed by atoms with Gasteiger partial charge in [-0.1, -0.05) is 36.4 Å². The zero-order valence-corrected chi connectivity index (χ0v) is 9.91. The molecule has 17 heavy (non-hydrogen) atoms. The molecule has 0 aliphatic carbocycles. The molecule has 1 aromatic heterocycles. The van der Waals surface area contributed by atoms with E-state index in [1.54, 1.807) is 0 Å². The lowest BCUT2D eigenvalue weighted by Crippen LogP contribution is -1.74. The van der Waals surface area contributed by atoms with Gasteiger partial charge in [-0.25, -0.2) is 0 Å². The molecule has 2 heteroatoms. The normalized spacial score (nSPS) is 10.6. The smallest absolute Gasteiger partial charge is 0.160 e. The van der Waals surface area contributed by atoms with Crippen molar-refractivity contribution in [2.45, 2.75) is 0 Å². The molecule has 1 nitrogen and oxygen atoms in total. The van der Waals surface area contributed by atoms with Gasteiger partial charge in [0.05, 0.1) is 4.88 Å². The van der Waals surface area contributed by atoms with E-state index in [0.29, 0.717) is 0 Å². The Morgan fingerprint density at radius 1 is 0.882 bits per heavy atom. The maximum atomic E-state index is 10.7. The Balaban J connectivity index is 2.14. The van der Waals surface area contributed by atoms with E-state index in [0.717, 1.165) is 16.0 Å². The predicted molar refractivity (Wildman–Crippen MR) is 72.6 cm³/mol. The molecule has 3 rings (SSSR count). The number of hydrogen-bond acceptors (Lipinski definition) is 2. The third-order valence-corrected chi connectivity index (χ3v) is 3.84. The van der Waals surface area contributed by atoms with Crippen LogP contribution in [0.2, 0.25) is 0 Å². The average Bonchev–Trinajstić information content (AvgIpc) is 2.87. The molecule has 0 unspecified atom stereocenters. The molecular weight excluding hydrogens is 228 g/mol. The Morgan fingerprint density at radius 3 is 2.47 bits per heavy atom. The lowest BCUT2D eigenvalue weighted by molar-refractivity contribution is 0.112. The van der Waals surface area contributed by atoms with Crippen LogP contribution in [-0.2, 0) is 0 Å². The van der Waals surface area contributed by atoms with Gasteiger partial charge in [0.1, 0.15) is 0 Å². The van der Waals surface area contributed by atoms with Gasteiger partial charge in [0.25, 0.3) is 0 Å². The molecule has 0 saturated carbocycles. The maximum absolute atomic E-state index is 10.7. The monoisotopic (exact) mass is 238 g/mol. The average molecular weight is 238 g/mol. The molecule has 0 radical (unpaired) electrons. The van der Waals surface area contributed by atoms with E-state index in [1.807, 2.05) is 24.3 Å². The first kappa shape index (κ1) is 10.2. The van der Waals surface area contributed by atoms with Gasteiger partial charge >= 0.3 is 0 Å². The quantitative estimate of drug-likeness (QED) is 0.605. The number of hydrogen-bond donors (Lipinski definition) is 0. The van der Waals surface area contributed by atoms with E-state index in [4.69, 9.17) is 0 Å². The fourth-order valence-corrected chi connectivity index (χ4v) is 2.73. The zero-order valence-electron chi connectivity index (χ0n) is 9.09. The number of carbonyl (C=O) groups is 1. The summed E-state index contributed by atoms with van der Waals surface area (Å²) >= 11 is 1.53. The zero-order chi connectivity index (χ0) is 11.7. The van der Waals surface area contributed by atoms with Gasteiger partial charge in [0.2, 0.25) is 0 Å². The Bertz CT molecular complexity index is 682. The van der Waals surface area contributed by atoms with Crippen molar-refractivity contribution in [2.75, 3.05) is 0 Å². The molecule has 0 N–H and O–H groups in total. The number of rotatable bonds is 2. The molecule has 0 bridgehead atoms. The first-order chi connectivity index (χ1) is 8.36. The van der Waals surface area contributed by atoms with Crippen LogP contribution in [0.25, 0.3) is 21.2 Å². The number of carbonyl (C=O) groups excluding carboxylic acids is 1. The van der Waals surface area contributed by atoms with E-state index in [9.17, 15) is 4.79 Å². The van der Waals surface area contributed by atoms with E-state index in [-0.39, 0.29) is 0 Å². The third kappa shape index (κ3) is 1.87. The fraction of sp³-hybridized carbons (Fsp3) is 0. The van der Waals surface area contributed by atoms with Gasteiger partial charge < -0.3 is 0 Å². The van der Waals surface area contributed by atoms with Crippen molar-refractivity contribution in [3.63, 3.8) is 0 Å². The minimum absolute atomic E-state index is 0.771. The highest BCUT2D eigenvalue weighted by atomic mass is 32.1. The van der Waals surface area contributed by atoms with Crippen molar-refractivity contribution in [3.05, 3.63) is 59.5 Å². The van der Waals surface area contributed by atoms with Gasteiger partial charge in [-0.15, -0.1) is 11.3 Å². The second-order valence-electron chi connectivity index (χ2n) is 3.88. The van der Waals surface area contributed by atoms with Crippen LogP contribution in [-0.4, -0.2) is 6.29 Å². The Labute approximate surface area is 103 Å². The van der Waals surface area contributed by atoms with Crippen LogP contribution in [0, 0.1) is 0 Å². The second kappa shape index (κ2) is 4.15. The fourth-order valence-electron chi connectivity index (χ4n) is 1.91. The summed E-state index contributed by atoms with van der Waals surface area (Å²) < 4.78 is 0. The summed E-state index contributed by atoms with van der Waals surface area (Å²) in [4.78, 5) is 12.6. The molecule has 82 valence electrons. The van der Waals surface area contributed by atoms with E-state index < -0.39 is 0 Å². The molecule has 0 amide bonds. The largest absolute Gasteiger partial charge is 0.297 e. The SMILES string of the molecule is O=Cc1ccc(-c2ccc3ccccc3c2)s1. The van der Waals surface area contributed by atoms with Crippen molar-refractivity contribution in [1.29, 1.82) is 0 Å². The van der Waals surface area contributed by atoms with Crippen molar-refractivity contribution in [3.8, 4) is 10.4 Å². The van der Waals surface area contributed by atoms with E-state index >= 15 is 0 Å². The third-order valence-electron chi connectivity index (χ3n) is 2.78. The maximum Gasteiger partial charge on any atom is 0.160 e. The highest BCUT2D eigenvalue weighted by molar-refractivity contribution is 7.17. The summed E-state index contributed by atoms with van der Waals surface area (Å²) in [6, 6.07) is 18.5. The molecule has 2 aromatic carbocycles. The van der Waals surface area contributed by atoms with Crippen molar-refractivity contribution < 1.29 is 4.79 Å². The Hall–Kier alpha value is -1.93. The summed E-state index contributed by atoms with van der Waals surface area (Å²) in [7, 11) is 0. The second-order valence-corrected chi connectivity index (χ2v) is 5.00. The number of aldehydes is 1. The first-order valence-electron chi connectivity index (χ1n) is 5.41. The lowest BCUT2D eigenvalue weighted by Gasteiger charge is -2.01. The summed E-state index contributed by atoms with van der Waals surface area (Å²) in [5.74, 6) is 0. The molecule has 0 atom stereocenters. The van der Waals surface area contributed by atoms with Crippen molar-refractivity contribution in [1.82, 2.24) is 0 Å². The van der Waals surface area contributed by atoms with Crippen molar-refractivity contribution >= 4 is 28.4 Å². The molecule has 3 aromatic rings. The predicted octanol–water partition coefficient (Wildman–Crippen LogP) is 4.38. The molecule has 0 spiro atoms. The summed E-state index contributed by atoms with van der Waals surface area (Å²) in [6.07, 6.45) is 0.898. The molecule has 1 heterocycles. The van der Waals surface area contributed by atoms with Crippen LogP contribution < -0.4 is 0 Å². The van der Waals surface area contributed by atoms with E-state index in [2.05, 4.69) is 30.3 Å². The van der Waals surface area contributed by atoms with Crippen LogP contribution in [0.3, 0.4) is 0 Å². The summed E-state index contributed by atoms with van der Waals surface area (Å²) in [5, 5.41) is 2.47. The molecule has 0 saturated heterocycles. The number of thiophene rings is 1. The van der Waals surface area contributed by atoms with Crippen LogP contribution in [0.1, 0.15) is 9.67 Å². The molecular formula is C15H10OS. The Kier molecular flexibility index (Phi) is 2.50. The number of fused-ring (bicyclic) bond motifs is 1. The van der Waals surface area contributed by atoms with Crippen molar-refractivity contribution in [2.24, 2.45) is 0 Å². The highest BCUT2D eigenvalue weighted by Crippen LogP contribution is 2.29. The van der Waals surface area contributed by atoms with Crippen LogP contribution in [0.15, 0.2) is 54.6 Å². The highest BCUT2D eigenvalue weighted by Gasteiger charge is 2.03. The molecule has 0 aliphatic rings. The topological polar surface area (TPSA) is 17.1 Å². The van der Waals surface area contributed by atoms with Crippen LogP contribution in [0.5, 0.6) is 0 Å². The molecule has 0 fully saturated rings. The van der Waals surface area contributed by atoms with Crippen LogP contribution in [0.4, 0.5) is 0 Å². The number of benzene rings is 2. The minimum atomic E-state index is 0.771. The molecule has 0 aliphatic heterocycles. The van der Waals surface area contributed by atoms with Gasteiger partial charge in [-0.2, -0.15) is 0 Å². The summed E-state index contributed by atoms with van der Waals surface area (Å²) in [5.41, 5.74) is 1.17. The minimum Gasteiger partial charge on any atom is -0.297 e. The van der Waals surface area contributed by atoms with E-state index in [1.165, 1.54) is 27.7 Å². The van der Waals surface area contributed by atoms with Gasteiger partial charge in [-0.05, 0) is 34.5 Å². The summed E-state index contributed by atoms with van der Waals surface area (Å²) in [6.45, 7) is 0. The van der Waals surface area contributed by atoms with Gasteiger partial charge in [0.15, 0.2) is 6.29 Å². The standard InChI is InChI=1S/C15H10OS/c16-10-14-7-8-15(17-14)13-6-5-11-3-1-2-4-12(11)9-13/h1-10H. The van der Waals surface area contributed by atoms with Gasteiger partial charge in [0, 0.05) is 4.88 Å². The lowest BCUT2D eigenvalue weighted by atomic mass is 10.1. The van der Waals surface area contributed by atoms with Gasteiger partial charge in [-0.3, -0.25) is 4.79 Å². The first-order valence-corrected chi connectivity index (χ1v) is 6.23. The Morgan fingerprint density at radius 2 is 1.71 bits per heavy atom.